The Bertz CT molecular complexity index is 616. The standard InChI is InChI=1S/C16H20N2O2S/c1-10-4-5-12(11(2)8-10)17-15(20)13-9-21-16(3)7-6-14(19)18(13)16/h4-5,8,13H,6-7,9H2,1-3H3,(H,17,20)/t13-,16-/m0/s1. The van der Waals surface area contributed by atoms with Crippen molar-refractivity contribution < 1.29 is 9.59 Å². The largest absolute Gasteiger partial charge is 0.324 e. The summed E-state index contributed by atoms with van der Waals surface area (Å²) >= 11 is 1.72. The van der Waals surface area contributed by atoms with Gasteiger partial charge in [0, 0.05) is 17.9 Å². The fraction of sp³-hybridized carbons (Fsp3) is 0.500. The second-order valence-electron chi connectivity index (χ2n) is 6.07. The van der Waals surface area contributed by atoms with E-state index in [2.05, 4.69) is 12.2 Å². The van der Waals surface area contributed by atoms with Crippen molar-refractivity contribution in [2.45, 2.75) is 44.5 Å². The molecule has 2 heterocycles. The molecule has 0 spiro atoms. The van der Waals surface area contributed by atoms with Crippen LogP contribution in [0.5, 0.6) is 0 Å². The van der Waals surface area contributed by atoms with Crippen LogP contribution < -0.4 is 5.32 Å². The van der Waals surface area contributed by atoms with Gasteiger partial charge in [-0.05, 0) is 38.8 Å². The minimum atomic E-state index is -0.351. The van der Waals surface area contributed by atoms with Gasteiger partial charge < -0.3 is 10.2 Å². The van der Waals surface area contributed by atoms with E-state index >= 15 is 0 Å². The number of nitrogens with one attached hydrogen (secondary N) is 1. The lowest BCUT2D eigenvalue weighted by Crippen LogP contribution is -2.48. The zero-order valence-corrected chi connectivity index (χ0v) is 13.4. The van der Waals surface area contributed by atoms with E-state index in [1.165, 1.54) is 5.56 Å². The molecule has 2 fully saturated rings. The number of hydrogen-bond acceptors (Lipinski definition) is 3. The Labute approximate surface area is 129 Å². The summed E-state index contributed by atoms with van der Waals surface area (Å²) in [7, 11) is 0. The predicted molar refractivity (Wildman–Crippen MR) is 85.3 cm³/mol. The van der Waals surface area contributed by atoms with Crippen LogP contribution in [0.25, 0.3) is 0 Å². The molecule has 0 saturated carbocycles. The number of nitrogens with zero attached hydrogens (tertiary/aromatic N) is 1. The highest BCUT2D eigenvalue weighted by Crippen LogP contribution is 2.47. The van der Waals surface area contributed by atoms with Crippen LogP contribution in [0, 0.1) is 13.8 Å². The molecule has 2 saturated heterocycles. The Morgan fingerprint density at radius 3 is 2.90 bits per heavy atom. The predicted octanol–water partition coefficient (Wildman–Crippen LogP) is 2.70. The van der Waals surface area contributed by atoms with E-state index in [9.17, 15) is 9.59 Å². The number of carbonyl (C=O) groups excluding carboxylic acids is 2. The topological polar surface area (TPSA) is 49.4 Å². The summed E-state index contributed by atoms with van der Waals surface area (Å²) in [6.45, 7) is 6.07. The van der Waals surface area contributed by atoms with Crippen LogP contribution >= 0.6 is 11.8 Å². The van der Waals surface area contributed by atoms with E-state index in [0.29, 0.717) is 12.2 Å². The van der Waals surface area contributed by atoms with E-state index < -0.39 is 0 Å². The first-order valence-corrected chi connectivity index (χ1v) is 8.23. The first-order valence-electron chi connectivity index (χ1n) is 7.25. The van der Waals surface area contributed by atoms with Gasteiger partial charge in [-0.1, -0.05) is 17.7 Å². The number of thioether (sulfide) groups is 1. The molecule has 2 atom stereocenters. The summed E-state index contributed by atoms with van der Waals surface area (Å²) in [5.41, 5.74) is 3.05. The summed E-state index contributed by atoms with van der Waals surface area (Å²) in [6.07, 6.45) is 1.39. The molecule has 1 N–H and O–H groups in total. The van der Waals surface area contributed by atoms with Gasteiger partial charge in [0.25, 0.3) is 0 Å². The molecule has 4 nitrogen and oxygen atoms in total. The number of rotatable bonds is 2. The number of anilines is 1. The van der Waals surface area contributed by atoms with Crippen molar-refractivity contribution >= 4 is 29.3 Å². The Kier molecular flexibility index (Phi) is 3.48. The summed E-state index contributed by atoms with van der Waals surface area (Å²) in [5.74, 6) is 0.704. The number of fused-ring (bicyclic) bond motifs is 1. The van der Waals surface area contributed by atoms with Gasteiger partial charge >= 0.3 is 0 Å². The number of hydrogen-bond donors (Lipinski definition) is 1. The van der Waals surface area contributed by atoms with E-state index in [4.69, 9.17) is 0 Å². The number of amides is 2. The van der Waals surface area contributed by atoms with Gasteiger partial charge in [-0.25, -0.2) is 0 Å². The van der Waals surface area contributed by atoms with Gasteiger partial charge in [-0.2, -0.15) is 0 Å². The molecule has 2 aliphatic rings. The summed E-state index contributed by atoms with van der Waals surface area (Å²) in [6, 6.07) is 5.60. The minimum absolute atomic E-state index is 0.0755. The molecular weight excluding hydrogens is 284 g/mol. The second kappa shape index (κ2) is 5.05. The van der Waals surface area contributed by atoms with Crippen molar-refractivity contribution in [2.24, 2.45) is 0 Å². The smallest absolute Gasteiger partial charge is 0.248 e. The van der Waals surface area contributed by atoms with E-state index in [-0.39, 0.29) is 22.7 Å². The fourth-order valence-corrected chi connectivity index (χ4v) is 4.62. The maximum absolute atomic E-state index is 12.6. The molecule has 3 rings (SSSR count). The molecule has 1 aromatic carbocycles. The molecule has 21 heavy (non-hydrogen) atoms. The maximum Gasteiger partial charge on any atom is 0.248 e. The van der Waals surface area contributed by atoms with Crippen molar-refractivity contribution in [2.75, 3.05) is 11.1 Å². The van der Waals surface area contributed by atoms with Crippen LogP contribution in [0.3, 0.4) is 0 Å². The van der Waals surface area contributed by atoms with Crippen LogP contribution in [-0.2, 0) is 9.59 Å². The number of carbonyl (C=O) groups is 2. The van der Waals surface area contributed by atoms with Crippen LogP contribution in [0.2, 0.25) is 0 Å². The van der Waals surface area contributed by atoms with Crippen LogP contribution in [-0.4, -0.2) is 33.4 Å². The number of benzene rings is 1. The van der Waals surface area contributed by atoms with E-state index in [0.717, 1.165) is 17.7 Å². The van der Waals surface area contributed by atoms with Crippen molar-refractivity contribution in [3.05, 3.63) is 29.3 Å². The monoisotopic (exact) mass is 304 g/mol. The average molecular weight is 304 g/mol. The molecule has 0 radical (unpaired) electrons. The molecule has 2 amide bonds. The molecule has 0 bridgehead atoms. The quantitative estimate of drug-likeness (QED) is 0.914. The van der Waals surface area contributed by atoms with Crippen molar-refractivity contribution in [3.63, 3.8) is 0 Å². The molecule has 0 aliphatic carbocycles. The Morgan fingerprint density at radius 1 is 1.43 bits per heavy atom. The number of aryl methyl sites for hydroxylation is 2. The summed E-state index contributed by atoms with van der Waals surface area (Å²) < 4.78 is 0. The van der Waals surface area contributed by atoms with Crippen molar-refractivity contribution in [1.29, 1.82) is 0 Å². The van der Waals surface area contributed by atoms with E-state index in [1.54, 1.807) is 16.7 Å². The van der Waals surface area contributed by atoms with Crippen LogP contribution in [0.1, 0.15) is 30.9 Å². The minimum Gasteiger partial charge on any atom is -0.324 e. The summed E-state index contributed by atoms with van der Waals surface area (Å²) in [4.78, 5) is 26.2. The zero-order valence-electron chi connectivity index (χ0n) is 12.6. The molecule has 0 unspecified atom stereocenters. The lowest BCUT2D eigenvalue weighted by Gasteiger charge is -2.30. The SMILES string of the molecule is Cc1ccc(NC(=O)[C@@H]2CS[C@@]3(C)CCC(=O)N23)c(C)c1. The Balaban J connectivity index is 1.78. The fourth-order valence-electron chi connectivity index (χ4n) is 3.18. The molecule has 2 aliphatic heterocycles. The van der Waals surface area contributed by atoms with Gasteiger partial charge in [0.2, 0.25) is 11.8 Å². The second-order valence-corrected chi connectivity index (χ2v) is 7.57. The molecule has 1 aromatic rings. The van der Waals surface area contributed by atoms with Gasteiger partial charge in [0.05, 0.1) is 4.87 Å². The molecular formula is C16H20N2O2S. The van der Waals surface area contributed by atoms with Gasteiger partial charge in [-0.15, -0.1) is 11.8 Å². The van der Waals surface area contributed by atoms with E-state index in [1.807, 2.05) is 32.0 Å². The lowest BCUT2D eigenvalue weighted by atomic mass is 10.1. The van der Waals surface area contributed by atoms with Crippen LogP contribution in [0.15, 0.2) is 18.2 Å². The van der Waals surface area contributed by atoms with Crippen molar-refractivity contribution in [1.82, 2.24) is 4.90 Å². The van der Waals surface area contributed by atoms with Gasteiger partial charge in [-0.3, -0.25) is 9.59 Å². The lowest BCUT2D eigenvalue weighted by molar-refractivity contribution is -0.135. The maximum atomic E-state index is 12.6. The first-order chi connectivity index (χ1) is 9.90. The molecule has 112 valence electrons. The molecule has 0 aromatic heterocycles. The first kappa shape index (κ1) is 14.4. The third kappa shape index (κ3) is 2.44. The highest BCUT2D eigenvalue weighted by molar-refractivity contribution is 8.01. The molecule has 5 heteroatoms. The third-order valence-electron chi connectivity index (χ3n) is 4.39. The third-order valence-corrected chi connectivity index (χ3v) is 5.89. The Hall–Kier alpha value is -1.49. The Morgan fingerprint density at radius 2 is 2.19 bits per heavy atom. The highest BCUT2D eigenvalue weighted by Gasteiger charge is 2.52. The normalized spacial score (nSPS) is 27.9. The van der Waals surface area contributed by atoms with Crippen LogP contribution in [0.4, 0.5) is 5.69 Å². The summed E-state index contributed by atoms with van der Waals surface area (Å²) in [5, 5.41) is 2.98. The highest BCUT2D eigenvalue weighted by atomic mass is 32.2. The zero-order chi connectivity index (χ0) is 15.2. The van der Waals surface area contributed by atoms with Gasteiger partial charge in [0.15, 0.2) is 0 Å². The van der Waals surface area contributed by atoms with Crippen molar-refractivity contribution in [3.8, 4) is 0 Å². The van der Waals surface area contributed by atoms with Gasteiger partial charge in [0.1, 0.15) is 6.04 Å². The average Bonchev–Trinajstić information content (AvgIpc) is 2.90.